The van der Waals surface area contributed by atoms with Crippen LogP contribution < -0.4 is 9.46 Å². The second kappa shape index (κ2) is 6.09. The fourth-order valence-electron chi connectivity index (χ4n) is 1.74. The number of esters is 1. The molecule has 0 aliphatic heterocycles. The molecular formula is C13H11ClFNO6S. The lowest BCUT2D eigenvalue weighted by molar-refractivity contribution is -0.131. The average Bonchev–Trinajstić information content (AvgIpc) is 2.68. The number of sulfonamides is 1. The molecule has 0 bridgehead atoms. The molecule has 2 rings (SSSR count). The van der Waals surface area contributed by atoms with Gasteiger partial charge < -0.3 is 14.3 Å². The first-order valence-electron chi connectivity index (χ1n) is 6.06. The molecule has 124 valence electrons. The van der Waals surface area contributed by atoms with Crippen LogP contribution in [-0.4, -0.2) is 25.7 Å². The standard InChI is InChI=1S/C13H11ClFNO6S/c1-6(17)21-12-10(18)11(22-13(12)16-23(2,19)20)7-4-3-5-8(14)9(7)15/h3-5,16,18H,1-2H3. The van der Waals surface area contributed by atoms with Gasteiger partial charge in [0.2, 0.25) is 21.5 Å². The second-order valence-electron chi connectivity index (χ2n) is 4.51. The molecule has 7 nitrogen and oxygen atoms in total. The molecule has 0 fully saturated rings. The Balaban J connectivity index is 2.66. The SMILES string of the molecule is CC(=O)Oc1c(NS(C)(=O)=O)oc(-c2cccc(Cl)c2F)c1O. The van der Waals surface area contributed by atoms with E-state index >= 15 is 0 Å². The van der Waals surface area contributed by atoms with E-state index in [0.717, 1.165) is 13.2 Å². The monoisotopic (exact) mass is 363 g/mol. The van der Waals surface area contributed by atoms with E-state index in [0.29, 0.717) is 0 Å². The predicted molar refractivity (Wildman–Crippen MR) is 80.6 cm³/mol. The number of rotatable bonds is 4. The summed E-state index contributed by atoms with van der Waals surface area (Å²) >= 11 is 5.66. The fraction of sp³-hybridized carbons (Fsp3) is 0.154. The smallest absolute Gasteiger partial charge is 0.308 e. The maximum atomic E-state index is 14.1. The lowest BCUT2D eigenvalue weighted by atomic mass is 10.1. The van der Waals surface area contributed by atoms with Crippen molar-refractivity contribution in [2.24, 2.45) is 0 Å². The number of carbonyl (C=O) groups is 1. The van der Waals surface area contributed by atoms with Crippen molar-refractivity contribution < 1.29 is 31.9 Å². The van der Waals surface area contributed by atoms with Crippen molar-refractivity contribution in [3.05, 3.63) is 29.0 Å². The van der Waals surface area contributed by atoms with Gasteiger partial charge in [-0.25, -0.2) is 12.8 Å². The van der Waals surface area contributed by atoms with Crippen LogP contribution in [0.5, 0.6) is 11.5 Å². The molecule has 10 heteroatoms. The Morgan fingerprint density at radius 2 is 2.09 bits per heavy atom. The van der Waals surface area contributed by atoms with Gasteiger partial charge in [-0.05, 0) is 12.1 Å². The van der Waals surface area contributed by atoms with Crippen LogP contribution in [0, 0.1) is 5.82 Å². The van der Waals surface area contributed by atoms with Crippen LogP contribution in [0.1, 0.15) is 6.92 Å². The minimum atomic E-state index is -3.81. The van der Waals surface area contributed by atoms with E-state index in [2.05, 4.69) is 0 Å². The number of halogens is 2. The van der Waals surface area contributed by atoms with E-state index < -0.39 is 45.0 Å². The molecule has 0 aliphatic carbocycles. The fourth-order valence-corrected chi connectivity index (χ4v) is 2.39. The summed E-state index contributed by atoms with van der Waals surface area (Å²) in [6.45, 7) is 1.04. The van der Waals surface area contributed by atoms with Gasteiger partial charge in [-0.15, -0.1) is 0 Å². The van der Waals surface area contributed by atoms with Gasteiger partial charge in [0, 0.05) is 6.92 Å². The molecule has 1 heterocycles. The summed E-state index contributed by atoms with van der Waals surface area (Å²) in [5, 5.41) is 9.88. The first-order chi connectivity index (χ1) is 10.6. The second-order valence-corrected chi connectivity index (χ2v) is 6.66. The number of hydrogen-bond acceptors (Lipinski definition) is 6. The summed E-state index contributed by atoms with van der Waals surface area (Å²) in [5.41, 5.74) is -0.232. The Kier molecular flexibility index (Phi) is 4.53. The Bertz CT molecular complexity index is 877. The first kappa shape index (κ1) is 17.1. The zero-order chi connectivity index (χ0) is 17.4. The van der Waals surface area contributed by atoms with Crippen LogP contribution in [-0.2, 0) is 14.8 Å². The van der Waals surface area contributed by atoms with Crippen LogP contribution >= 0.6 is 11.6 Å². The number of ether oxygens (including phenoxy) is 1. The maximum absolute atomic E-state index is 14.1. The van der Waals surface area contributed by atoms with Gasteiger partial charge in [-0.1, -0.05) is 17.7 Å². The Labute approximate surface area is 135 Å². The summed E-state index contributed by atoms with van der Waals surface area (Å²) in [5.74, 6) is -4.04. The van der Waals surface area contributed by atoms with E-state index in [1.54, 1.807) is 0 Å². The third-order valence-corrected chi connectivity index (χ3v) is 3.41. The number of carbonyl (C=O) groups excluding carboxylic acids is 1. The third-order valence-electron chi connectivity index (χ3n) is 2.56. The van der Waals surface area contributed by atoms with Gasteiger partial charge in [-0.2, -0.15) is 0 Å². The molecule has 2 N–H and O–H groups in total. The molecule has 0 spiro atoms. The molecule has 0 saturated carbocycles. The number of hydrogen-bond donors (Lipinski definition) is 2. The Morgan fingerprint density at radius 3 is 2.65 bits per heavy atom. The molecule has 0 aliphatic rings. The van der Waals surface area contributed by atoms with Gasteiger partial charge >= 0.3 is 5.97 Å². The van der Waals surface area contributed by atoms with Crippen molar-refractivity contribution in [3.8, 4) is 22.8 Å². The number of anilines is 1. The molecular weight excluding hydrogens is 353 g/mol. The van der Waals surface area contributed by atoms with E-state index in [9.17, 15) is 22.7 Å². The number of nitrogens with one attached hydrogen (secondary N) is 1. The number of furan rings is 1. The molecule has 1 aromatic heterocycles. The molecule has 0 radical (unpaired) electrons. The Morgan fingerprint density at radius 1 is 1.43 bits per heavy atom. The van der Waals surface area contributed by atoms with Crippen molar-refractivity contribution >= 4 is 33.5 Å². The van der Waals surface area contributed by atoms with Crippen LogP contribution in [0.4, 0.5) is 10.3 Å². The highest BCUT2D eigenvalue weighted by atomic mass is 35.5. The maximum Gasteiger partial charge on any atom is 0.308 e. The highest BCUT2D eigenvalue weighted by Crippen LogP contribution is 2.47. The minimum Gasteiger partial charge on any atom is -0.502 e. The van der Waals surface area contributed by atoms with Crippen molar-refractivity contribution in [2.75, 3.05) is 11.0 Å². The summed E-state index contributed by atoms with van der Waals surface area (Å²) in [6.07, 6.45) is 0.823. The van der Waals surface area contributed by atoms with Gasteiger partial charge in [0.1, 0.15) is 0 Å². The summed E-state index contributed by atoms with van der Waals surface area (Å²) in [6, 6.07) is 3.93. The van der Waals surface area contributed by atoms with Crippen molar-refractivity contribution in [2.45, 2.75) is 6.92 Å². The van der Waals surface area contributed by atoms with Gasteiger partial charge in [0.05, 0.1) is 16.8 Å². The molecule has 0 amide bonds. The summed E-state index contributed by atoms with van der Waals surface area (Å²) in [4.78, 5) is 11.1. The predicted octanol–water partition coefficient (Wildman–Crippen LogP) is 2.74. The van der Waals surface area contributed by atoms with Gasteiger partial charge in [0.25, 0.3) is 5.88 Å². The first-order valence-corrected chi connectivity index (χ1v) is 8.33. The van der Waals surface area contributed by atoms with E-state index in [-0.39, 0.29) is 10.6 Å². The van der Waals surface area contributed by atoms with Crippen molar-refractivity contribution in [3.63, 3.8) is 0 Å². The summed E-state index contributed by atoms with van der Waals surface area (Å²) in [7, 11) is -3.81. The lowest BCUT2D eigenvalue weighted by Crippen LogP contribution is -2.11. The quantitative estimate of drug-likeness (QED) is 0.809. The largest absolute Gasteiger partial charge is 0.502 e. The lowest BCUT2D eigenvalue weighted by Gasteiger charge is -2.02. The Hall–Kier alpha value is -2.26. The van der Waals surface area contributed by atoms with Crippen molar-refractivity contribution in [1.29, 1.82) is 0 Å². The highest BCUT2D eigenvalue weighted by molar-refractivity contribution is 7.92. The van der Waals surface area contributed by atoms with Crippen molar-refractivity contribution in [1.82, 2.24) is 0 Å². The molecule has 0 unspecified atom stereocenters. The normalized spacial score (nSPS) is 11.3. The highest BCUT2D eigenvalue weighted by Gasteiger charge is 2.27. The van der Waals surface area contributed by atoms with Crippen LogP contribution in [0.3, 0.4) is 0 Å². The third kappa shape index (κ3) is 3.74. The molecule has 23 heavy (non-hydrogen) atoms. The van der Waals surface area contributed by atoms with Crippen LogP contribution in [0.2, 0.25) is 5.02 Å². The molecule has 2 aromatic rings. The topological polar surface area (TPSA) is 106 Å². The minimum absolute atomic E-state index is 0.232. The molecule has 1 aromatic carbocycles. The van der Waals surface area contributed by atoms with E-state index in [1.165, 1.54) is 18.2 Å². The summed E-state index contributed by atoms with van der Waals surface area (Å²) < 4.78 is 48.5. The zero-order valence-electron chi connectivity index (χ0n) is 11.9. The van der Waals surface area contributed by atoms with Gasteiger partial charge in [0.15, 0.2) is 11.6 Å². The zero-order valence-corrected chi connectivity index (χ0v) is 13.5. The molecule has 0 saturated heterocycles. The van der Waals surface area contributed by atoms with E-state index in [1.807, 2.05) is 4.72 Å². The number of benzene rings is 1. The van der Waals surface area contributed by atoms with E-state index in [4.69, 9.17) is 20.8 Å². The van der Waals surface area contributed by atoms with Crippen LogP contribution in [0.15, 0.2) is 22.6 Å². The number of aromatic hydroxyl groups is 1. The average molecular weight is 364 g/mol. The van der Waals surface area contributed by atoms with Crippen LogP contribution in [0.25, 0.3) is 11.3 Å². The molecule has 0 atom stereocenters. The van der Waals surface area contributed by atoms with Gasteiger partial charge in [-0.3, -0.25) is 9.52 Å².